The molecule has 0 bridgehead atoms. The number of halogens is 1. The van der Waals surface area contributed by atoms with E-state index in [4.69, 9.17) is 16.6 Å². The molecular formula is C20H20ClN3O2S2. The van der Waals surface area contributed by atoms with Crippen LogP contribution in [0, 0.1) is 6.92 Å². The Morgan fingerprint density at radius 3 is 2.39 bits per heavy atom. The van der Waals surface area contributed by atoms with E-state index in [0.717, 1.165) is 16.4 Å². The Bertz CT molecular complexity index is 1090. The van der Waals surface area contributed by atoms with Gasteiger partial charge in [0.05, 0.1) is 10.7 Å². The number of rotatable bonds is 4. The van der Waals surface area contributed by atoms with Gasteiger partial charge in [-0.3, -0.25) is 0 Å². The van der Waals surface area contributed by atoms with E-state index in [1.807, 2.05) is 12.1 Å². The minimum atomic E-state index is -3.58. The number of piperazine rings is 1. The Labute approximate surface area is 174 Å². The summed E-state index contributed by atoms with van der Waals surface area (Å²) in [6.07, 6.45) is 0. The van der Waals surface area contributed by atoms with E-state index in [1.54, 1.807) is 35.6 Å². The van der Waals surface area contributed by atoms with E-state index in [0.29, 0.717) is 26.2 Å². The van der Waals surface area contributed by atoms with Crippen LogP contribution in [0.3, 0.4) is 0 Å². The first kappa shape index (κ1) is 19.4. The average Bonchev–Trinajstić information content (AvgIpc) is 3.18. The summed E-state index contributed by atoms with van der Waals surface area (Å²) < 4.78 is 27.3. The van der Waals surface area contributed by atoms with Gasteiger partial charge in [-0.25, -0.2) is 13.4 Å². The van der Waals surface area contributed by atoms with Crippen molar-refractivity contribution >= 4 is 38.1 Å². The van der Waals surface area contributed by atoms with Crippen molar-refractivity contribution in [2.75, 3.05) is 31.1 Å². The zero-order valence-corrected chi connectivity index (χ0v) is 17.8. The van der Waals surface area contributed by atoms with E-state index in [-0.39, 0.29) is 9.92 Å². The molecule has 5 nitrogen and oxygen atoms in total. The SMILES string of the molecule is Cc1ccccc1-c1csc(N2CCN(S(=O)(=O)c3ccccc3Cl)CC2)n1. The number of anilines is 1. The fourth-order valence-electron chi connectivity index (χ4n) is 3.31. The van der Waals surface area contributed by atoms with Crippen molar-refractivity contribution in [1.82, 2.24) is 9.29 Å². The maximum absolute atomic E-state index is 12.9. The van der Waals surface area contributed by atoms with Crippen molar-refractivity contribution < 1.29 is 8.42 Å². The van der Waals surface area contributed by atoms with Crippen LogP contribution in [-0.2, 0) is 10.0 Å². The Balaban J connectivity index is 1.48. The monoisotopic (exact) mass is 433 g/mol. The Hall–Kier alpha value is -1.93. The van der Waals surface area contributed by atoms with Crippen LogP contribution in [-0.4, -0.2) is 43.9 Å². The molecule has 1 aliphatic rings. The highest BCUT2D eigenvalue weighted by molar-refractivity contribution is 7.89. The standard InChI is InChI=1S/C20H20ClN3O2S2/c1-15-6-2-3-7-16(15)18-14-27-20(22-18)23-10-12-24(13-11-23)28(25,26)19-9-5-4-8-17(19)21/h2-9,14H,10-13H2,1H3. The molecule has 2 heterocycles. The Kier molecular flexibility index (Phi) is 5.42. The van der Waals surface area contributed by atoms with Gasteiger partial charge in [0.1, 0.15) is 4.90 Å². The summed E-state index contributed by atoms with van der Waals surface area (Å²) in [7, 11) is -3.58. The highest BCUT2D eigenvalue weighted by Gasteiger charge is 2.30. The van der Waals surface area contributed by atoms with Gasteiger partial charge in [-0.2, -0.15) is 4.31 Å². The molecule has 0 atom stereocenters. The third kappa shape index (κ3) is 3.67. The molecule has 2 aromatic carbocycles. The quantitative estimate of drug-likeness (QED) is 0.616. The number of aryl methyl sites for hydroxylation is 1. The van der Waals surface area contributed by atoms with Crippen molar-refractivity contribution in [2.24, 2.45) is 0 Å². The third-order valence-corrected chi connectivity index (χ3v) is 8.18. The summed E-state index contributed by atoms with van der Waals surface area (Å²) in [5, 5.41) is 3.24. The summed E-state index contributed by atoms with van der Waals surface area (Å²) >= 11 is 7.69. The summed E-state index contributed by atoms with van der Waals surface area (Å²) in [6.45, 7) is 4.10. The lowest BCUT2D eigenvalue weighted by Crippen LogP contribution is -2.48. The van der Waals surface area contributed by atoms with Gasteiger partial charge in [-0.15, -0.1) is 11.3 Å². The first-order valence-electron chi connectivity index (χ1n) is 8.98. The fraction of sp³-hybridized carbons (Fsp3) is 0.250. The Morgan fingerprint density at radius 1 is 1.00 bits per heavy atom. The first-order valence-corrected chi connectivity index (χ1v) is 11.7. The molecule has 0 radical (unpaired) electrons. The molecule has 0 aliphatic carbocycles. The highest BCUT2D eigenvalue weighted by Crippen LogP contribution is 2.31. The molecular weight excluding hydrogens is 414 g/mol. The summed E-state index contributed by atoms with van der Waals surface area (Å²) in [5.74, 6) is 0. The maximum atomic E-state index is 12.9. The summed E-state index contributed by atoms with van der Waals surface area (Å²) in [4.78, 5) is 7.09. The van der Waals surface area contributed by atoms with Gasteiger partial charge in [0.2, 0.25) is 10.0 Å². The molecule has 8 heteroatoms. The largest absolute Gasteiger partial charge is 0.345 e. The molecule has 1 fully saturated rings. The first-order chi connectivity index (χ1) is 13.5. The molecule has 0 unspecified atom stereocenters. The van der Waals surface area contributed by atoms with Crippen LogP contribution in [0.2, 0.25) is 5.02 Å². The van der Waals surface area contributed by atoms with Gasteiger partial charge in [0.15, 0.2) is 5.13 Å². The van der Waals surface area contributed by atoms with Crippen LogP contribution in [0.1, 0.15) is 5.56 Å². The molecule has 0 N–H and O–H groups in total. The van der Waals surface area contributed by atoms with Gasteiger partial charge >= 0.3 is 0 Å². The number of nitrogens with zero attached hydrogens (tertiary/aromatic N) is 3. The van der Waals surface area contributed by atoms with Crippen molar-refractivity contribution in [3.63, 3.8) is 0 Å². The van der Waals surface area contributed by atoms with E-state index in [1.165, 1.54) is 9.87 Å². The number of hydrogen-bond acceptors (Lipinski definition) is 5. The van der Waals surface area contributed by atoms with Gasteiger partial charge < -0.3 is 4.90 Å². The second-order valence-electron chi connectivity index (χ2n) is 6.65. The van der Waals surface area contributed by atoms with Crippen LogP contribution < -0.4 is 4.90 Å². The molecule has 146 valence electrons. The molecule has 0 spiro atoms. The van der Waals surface area contributed by atoms with Crippen molar-refractivity contribution in [2.45, 2.75) is 11.8 Å². The minimum absolute atomic E-state index is 0.168. The molecule has 0 saturated carbocycles. The maximum Gasteiger partial charge on any atom is 0.244 e. The molecule has 3 aromatic rings. The minimum Gasteiger partial charge on any atom is -0.345 e. The average molecular weight is 434 g/mol. The zero-order valence-electron chi connectivity index (χ0n) is 15.4. The van der Waals surface area contributed by atoms with Gasteiger partial charge in [-0.05, 0) is 24.6 Å². The van der Waals surface area contributed by atoms with Crippen molar-refractivity contribution in [3.8, 4) is 11.3 Å². The zero-order chi connectivity index (χ0) is 19.7. The number of hydrogen-bond donors (Lipinski definition) is 0. The molecule has 0 amide bonds. The smallest absolute Gasteiger partial charge is 0.244 e. The lowest BCUT2D eigenvalue weighted by Gasteiger charge is -2.33. The molecule has 1 aliphatic heterocycles. The second kappa shape index (κ2) is 7.83. The van der Waals surface area contributed by atoms with E-state index in [9.17, 15) is 8.42 Å². The Morgan fingerprint density at radius 2 is 1.68 bits per heavy atom. The summed E-state index contributed by atoms with van der Waals surface area (Å²) in [5.41, 5.74) is 3.28. The lowest BCUT2D eigenvalue weighted by atomic mass is 10.1. The van der Waals surface area contributed by atoms with Crippen LogP contribution in [0.5, 0.6) is 0 Å². The van der Waals surface area contributed by atoms with Crippen LogP contribution in [0.4, 0.5) is 5.13 Å². The van der Waals surface area contributed by atoms with Gasteiger partial charge in [-0.1, -0.05) is 48.0 Å². The topological polar surface area (TPSA) is 53.5 Å². The molecule has 4 rings (SSSR count). The number of sulfonamides is 1. The van der Waals surface area contributed by atoms with Gasteiger partial charge in [0.25, 0.3) is 0 Å². The number of aromatic nitrogens is 1. The molecule has 28 heavy (non-hydrogen) atoms. The second-order valence-corrected chi connectivity index (χ2v) is 9.80. The molecule has 1 aromatic heterocycles. The third-order valence-electron chi connectivity index (χ3n) is 4.88. The van der Waals surface area contributed by atoms with Crippen LogP contribution >= 0.6 is 22.9 Å². The van der Waals surface area contributed by atoms with Gasteiger partial charge in [0, 0.05) is 37.1 Å². The summed E-state index contributed by atoms with van der Waals surface area (Å²) in [6, 6.07) is 14.8. The number of thiazole rings is 1. The molecule has 1 saturated heterocycles. The predicted octanol–water partition coefficient (Wildman–Crippen LogP) is 4.28. The van der Waals surface area contributed by atoms with Crippen LogP contribution in [0.15, 0.2) is 58.8 Å². The van der Waals surface area contributed by atoms with E-state index >= 15 is 0 Å². The van der Waals surface area contributed by atoms with E-state index in [2.05, 4.69) is 29.3 Å². The number of benzene rings is 2. The van der Waals surface area contributed by atoms with E-state index < -0.39 is 10.0 Å². The van der Waals surface area contributed by atoms with Crippen LogP contribution in [0.25, 0.3) is 11.3 Å². The van der Waals surface area contributed by atoms with Crippen molar-refractivity contribution in [1.29, 1.82) is 0 Å². The lowest BCUT2D eigenvalue weighted by molar-refractivity contribution is 0.385. The normalized spacial score (nSPS) is 15.7. The highest BCUT2D eigenvalue weighted by atomic mass is 35.5. The fourth-order valence-corrected chi connectivity index (χ4v) is 6.10. The van der Waals surface area contributed by atoms with Crippen molar-refractivity contribution in [3.05, 3.63) is 64.5 Å². The predicted molar refractivity (Wildman–Crippen MR) is 115 cm³/mol.